The lowest BCUT2D eigenvalue weighted by Crippen LogP contribution is -2.53. The van der Waals surface area contributed by atoms with Crippen LogP contribution in [-0.2, 0) is 24.0 Å². The number of amides is 5. The zero-order valence-corrected chi connectivity index (χ0v) is 61.3. The van der Waals surface area contributed by atoms with Crippen molar-refractivity contribution >= 4 is 29.5 Å². The Labute approximate surface area is 585 Å². The molecule has 9 atom stereocenters. The van der Waals surface area contributed by atoms with Gasteiger partial charge in [0.1, 0.15) is 42.7 Å². The van der Waals surface area contributed by atoms with Crippen LogP contribution in [0.15, 0.2) is 0 Å². The first-order valence-electron chi connectivity index (χ1n) is 38.1. The van der Waals surface area contributed by atoms with Crippen molar-refractivity contribution < 1.29 is 75.0 Å². The maximum atomic E-state index is 13.5. The smallest absolute Gasteiger partial charge is 0.251 e. The van der Waals surface area contributed by atoms with Gasteiger partial charge in [-0.15, -0.1) is 0 Å². The van der Waals surface area contributed by atoms with E-state index < -0.39 is 91.7 Å². The quantitative estimate of drug-likeness (QED) is 0.0388. The Bertz CT molecular complexity index is 1740. The van der Waals surface area contributed by atoms with E-state index in [-0.39, 0.29) is 44.9 Å². The van der Waals surface area contributed by atoms with Crippen LogP contribution in [0.25, 0.3) is 0 Å². The second-order valence-corrected chi connectivity index (χ2v) is 26.5. The summed E-state index contributed by atoms with van der Waals surface area (Å²) in [5, 5.41) is 128. The molecule has 576 valence electrons. The standard InChI is InChI=1S/C51H99N5O15.C20H48N6/c1-3-5-7-9-10-11-12-13-14-15-16-17-18-19-20-21-22-23-24-26-28-38(49(69)52-31-27-25-8-6-4-2)55-41(61)29-30-42(62)56(34-32-53-50(70)47(67)45(65)43(63)39(59)36-57)35-33-54-51(71)48(68)46(66)44(64)40(60)37-58;1-20(18-25-14-6-4-12-23-16-8-10-21-2)19-26-15-7-5-13-24-17-9-11-22-3/h38-40,43-48,57-60,63-68H,3-37H2,1-2H3,(H,52,69)(H,53,70)(H,54,71)(H,55,61);20-26H,4-19H2,1-3H3/t38?,39-,40+,43+,44-,45-,46+,47+,48-;. The first-order valence-corrected chi connectivity index (χ1v) is 38.1. The van der Waals surface area contributed by atoms with Crippen molar-refractivity contribution in [3.8, 4) is 0 Å². The fourth-order valence-corrected chi connectivity index (χ4v) is 10.9. The van der Waals surface area contributed by atoms with Gasteiger partial charge in [0.15, 0.2) is 12.2 Å². The van der Waals surface area contributed by atoms with E-state index in [0.717, 1.165) is 135 Å². The zero-order valence-electron chi connectivity index (χ0n) is 61.3. The maximum Gasteiger partial charge on any atom is 0.251 e. The number of carbonyl (C=O) groups is 5. The van der Waals surface area contributed by atoms with Gasteiger partial charge in [0.05, 0.1) is 13.2 Å². The highest BCUT2D eigenvalue weighted by Crippen LogP contribution is 2.17. The summed E-state index contributed by atoms with van der Waals surface area (Å²) in [6, 6.07) is -0.817. The highest BCUT2D eigenvalue weighted by atomic mass is 16.4. The summed E-state index contributed by atoms with van der Waals surface area (Å²) in [5.74, 6) is -3.20. The molecule has 0 bridgehead atoms. The molecule has 0 saturated carbocycles. The number of aliphatic hydroxyl groups excluding tert-OH is 10. The molecule has 0 rings (SSSR count). The van der Waals surface area contributed by atoms with E-state index >= 15 is 0 Å². The van der Waals surface area contributed by atoms with Crippen LogP contribution in [0, 0.1) is 5.92 Å². The van der Waals surface area contributed by atoms with Crippen LogP contribution >= 0.6 is 0 Å². The Morgan fingerprint density at radius 1 is 0.361 bits per heavy atom. The molecule has 0 aliphatic carbocycles. The largest absolute Gasteiger partial charge is 0.394 e. The molecule has 0 aliphatic rings. The van der Waals surface area contributed by atoms with Crippen molar-refractivity contribution in [1.29, 1.82) is 0 Å². The van der Waals surface area contributed by atoms with Crippen LogP contribution in [0.5, 0.6) is 0 Å². The van der Waals surface area contributed by atoms with E-state index in [2.05, 4.69) is 73.9 Å². The van der Waals surface area contributed by atoms with Gasteiger partial charge in [0.25, 0.3) is 11.8 Å². The third kappa shape index (κ3) is 57.0. The van der Waals surface area contributed by atoms with Gasteiger partial charge in [-0.1, -0.05) is 175 Å². The van der Waals surface area contributed by atoms with E-state index in [1.54, 1.807) is 0 Å². The van der Waals surface area contributed by atoms with Gasteiger partial charge in [-0.3, -0.25) is 24.0 Å². The number of unbranched alkanes of at least 4 members (excludes halogenated alkanes) is 25. The molecular weight excluding hydrogens is 1250 g/mol. The van der Waals surface area contributed by atoms with E-state index in [9.17, 15) is 64.8 Å². The van der Waals surface area contributed by atoms with E-state index in [1.165, 1.54) is 135 Å². The number of carbonyl (C=O) groups excluding carboxylic acids is 5. The van der Waals surface area contributed by atoms with Crippen LogP contribution < -0.4 is 53.2 Å². The molecular formula is C71H147N11O15. The van der Waals surface area contributed by atoms with Crippen molar-refractivity contribution in [1.82, 2.24) is 58.1 Å². The van der Waals surface area contributed by atoms with E-state index in [1.807, 2.05) is 14.1 Å². The third-order valence-electron chi connectivity index (χ3n) is 17.4. The van der Waals surface area contributed by atoms with E-state index in [0.29, 0.717) is 18.9 Å². The minimum Gasteiger partial charge on any atom is -0.394 e. The van der Waals surface area contributed by atoms with Gasteiger partial charge in [-0.25, -0.2) is 0 Å². The van der Waals surface area contributed by atoms with Crippen LogP contribution in [0.2, 0.25) is 0 Å². The molecule has 0 heterocycles. The number of hydrogen-bond acceptors (Lipinski definition) is 21. The second-order valence-electron chi connectivity index (χ2n) is 26.5. The van der Waals surface area contributed by atoms with Crippen LogP contribution in [0.4, 0.5) is 0 Å². The van der Waals surface area contributed by atoms with E-state index in [4.69, 9.17) is 10.2 Å². The van der Waals surface area contributed by atoms with Crippen molar-refractivity contribution in [3.63, 3.8) is 0 Å². The number of rotatable bonds is 70. The van der Waals surface area contributed by atoms with Gasteiger partial charge in [0, 0.05) is 45.6 Å². The normalized spacial score (nSPS) is 14.4. The highest BCUT2D eigenvalue weighted by molar-refractivity contribution is 5.89. The van der Waals surface area contributed by atoms with Gasteiger partial charge >= 0.3 is 0 Å². The number of hydrogen-bond donors (Lipinski definition) is 20. The molecule has 26 nitrogen and oxygen atoms in total. The van der Waals surface area contributed by atoms with Crippen molar-refractivity contribution in [2.24, 2.45) is 5.92 Å². The van der Waals surface area contributed by atoms with Gasteiger partial charge in [-0.2, -0.15) is 0 Å². The summed E-state index contributed by atoms with van der Waals surface area (Å²) < 4.78 is 0. The third-order valence-corrected chi connectivity index (χ3v) is 17.4. The lowest BCUT2D eigenvalue weighted by Gasteiger charge is -2.27. The first kappa shape index (κ1) is 95.8. The zero-order chi connectivity index (χ0) is 72.4. The maximum absolute atomic E-state index is 13.5. The molecule has 0 fully saturated rings. The highest BCUT2D eigenvalue weighted by Gasteiger charge is 2.35. The summed E-state index contributed by atoms with van der Waals surface area (Å²) in [4.78, 5) is 66.3. The minimum absolute atomic E-state index is 0.290. The molecule has 0 aromatic carbocycles. The second kappa shape index (κ2) is 69.8. The molecule has 97 heavy (non-hydrogen) atoms. The fraction of sp³-hybridized carbons (Fsp3) is 0.930. The van der Waals surface area contributed by atoms with Crippen molar-refractivity contribution in [3.05, 3.63) is 0 Å². The molecule has 0 aliphatic heterocycles. The van der Waals surface area contributed by atoms with Crippen LogP contribution in [-0.4, -0.2) is 266 Å². The average molecular weight is 1400 g/mol. The predicted molar refractivity (Wildman–Crippen MR) is 387 cm³/mol. The minimum atomic E-state index is -2.25. The van der Waals surface area contributed by atoms with Crippen molar-refractivity contribution in [2.75, 3.05) is 125 Å². The first-order chi connectivity index (χ1) is 46.9. The number of aliphatic hydroxyl groups is 10. The molecule has 26 heteroatoms. The van der Waals surface area contributed by atoms with Crippen LogP contribution in [0.3, 0.4) is 0 Å². The molecule has 0 spiro atoms. The lowest BCUT2D eigenvalue weighted by atomic mass is 10.0. The summed E-state index contributed by atoms with van der Waals surface area (Å²) in [5.41, 5.74) is 0. The molecule has 0 radical (unpaired) electrons. The average Bonchev–Trinajstić information content (AvgIpc) is 0.947. The summed E-state index contributed by atoms with van der Waals surface area (Å²) in [6.45, 7) is 15.2. The van der Waals surface area contributed by atoms with Gasteiger partial charge < -0.3 is 109 Å². The predicted octanol–water partition coefficient (Wildman–Crippen LogP) is 2.24. The summed E-state index contributed by atoms with van der Waals surface area (Å²) >= 11 is 0. The Balaban J connectivity index is 0. The Kier molecular flexibility index (Phi) is 68.9. The monoisotopic (exact) mass is 1390 g/mol. The summed E-state index contributed by atoms with van der Waals surface area (Å²) in [6.07, 6.45) is 20.4. The molecule has 0 saturated heterocycles. The molecule has 20 N–H and O–H groups in total. The molecule has 5 amide bonds. The van der Waals surface area contributed by atoms with Gasteiger partial charge in [-0.05, 0) is 137 Å². The Morgan fingerprint density at radius 2 is 0.691 bits per heavy atom. The topological polar surface area (TPSA) is 411 Å². The summed E-state index contributed by atoms with van der Waals surface area (Å²) in [7, 11) is 4.02. The molecule has 1 unspecified atom stereocenters. The molecule has 0 aromatic rings. The van der Waals surface area contributed by atoms with Crippen molar-refractivity contribution in [2.45, 2.75) is 294 Å². The van der Waals surface area contributed by atoms with Gasteiger partial charge in [0.2, 0.25) is 17.7 Å². The fourth-order valence-electron chi connectivity index (χ4n) is 10.9. The number of nitrogens with one attached hydrogen (secondary N) is 10. The lowest BCUT2D eigenvalue weighted by molar-refractivity contribution is -0.149. The Hall–Kier alpha value is -3.29. The molecule has 0 aromatic heterocycles. The SMILES string of the molecule is CCCCCCCCCCCCCCCCCCCCCCC(NC(=O)CCC(=O)N(CCNC(=O)[C@@H](O)[C@H](O)[C@@H](O)[C@H](O)CO)CCNC(=O)[C@H](O)[C@@H](O)[C@H](O)[C@@H](O)CO)C(=O)NCCCCCCC.CNCCCNCCCCNCC(C)CNCCCCNCCCNC. The Morgan fingerprint density at radius 3 is 1.06 bits per heavy atom. The van der Waals surface area contributed by atoms with Crippen LogP contribution in [0.1, 0.15) is 239 Å². The number of nitrogens with zero attached hydrogens (tertiary/aromatic N) is 1.